The molecule has 3 atom stereocenters. The van der Waals surface area contributed by atoms with Crippen molar-refractivity contribution in [3.8, 4) is 0 Å². The summed E-state index contributed by atoms with van der Waals surface area (Å²) >= 11 is 0. The van der Waals surface area contributed by atoms with Gasteiger partial charge < -0.3 is 4.74 Å². The van der Waals surface area contributed by atoms with Gasteiger partial charge in [-0.05, 0) is 50.4 Å². The van der Waals surface area contributed by atoms with E-state index in [-0.39, 0.29) is 0 Å². The Morgan fingerprint density at radius 3 is 2.29 bits per heavy atom. The third-order valence-corrected chi connectivity index (χ3v) is 8.77. The molecule has 2 aromatic rings. The van der Waals surface area contributed by atoms with E-state index in [0.29, 0.717) is 17.7 Å². The van der Waals surface area contributed by atoms with Gasteiger partial charge >= 0.3 is 0 Å². The fourth-order valence-electron chi connectivity index (χ4n) is 4.68. The molecule has 146 valence electrons. The van der Waals surface area contributed by atoms with Crippen LogP contribution < -0.4 is 10.6 Å². The number of hydrogen-bond donors (Lipinski definition) is 0. The van der Waals surface area contributed by atoms with E-state index < -0.39 is 7.92 Å². The first-order chi connectivity index (χ1) is 13.8. The van der Waals surface area contributed by atoms with Crippen molar-refractivity contribution < 1.29 is 4.74 Å². The van der Waals surface area contributed by atoms with Gasteiger partial charge in [-0.3, -0.25) is 4.90 Å². The highest BCUT2D eigenvalue weighted by atomic mass is 31.1. The fourth-order valence-corrected chi connectivity index (χ4v) is 7.48. The molecule has 2 aromatic carbocycles. The Bertz CT molecular complexity index is 777. The molecule has 0 N–H and O–H groups in total. The van der Waals surface area contributed by atoms with Gasteiger partial charge in [0.05, 0.1) is 6.61 Å². The van der Waals surface area contributed by atoms with Crippen molar-refractivity contribution in [1.29, 1.82) is 0 Å². The summed E-state index contributed by atoms with van der Waals surface area (Å²) < 4.78 is 5.51. The first-order valence-corrected chi connectivity index (χ1v) is 11.7. The highest BCUT2D eigenvalue weighted by Crippen LogP contribution is 2.47. The summed E-state index contributed by atoms with van der Waals surface area (Å²) in [4.78, 5) is 2.67. The van der Waals surface area contributed by atoms with Gasteiger partial charge in [-0.25, -0.2) is 0 Å². The van der Waals surface area contributed by atoms with Gasteiger partial charge in [0.1, 0.15) is 0 Å². The molecule has 0 unspecified atom stereocenters. The quantitative estimate of drug-likeness (QED) is 0.645. The minimum absolute atomic E-state index is 0.445. The Labute approximate surface area is 170 Å². The summed E-state index contributed by atoms with van der Waals surface area (Å²) in [5.41, 5.74) is 2.01. The molecular weight excluding hydrogens is 361 g/mol. The standard InChI is InChI=1S/C25H30NOP/c1-20(26-18-10-11-21(26)19-27-2)24-16-9-17-25(24)28(22-12-5-3-6-13-22)23-14-7-4-8-15-23/h3-9,12-17,20-21,25H,10-11,18-19H2,1-2H3/t20-,21+,25+/m0/s1. The summed E-state index contributed by atoms with van der Waals surface area (Å²) in [6.07, 6.45) is 9.60. The normalized spacial score (nSPS) is 23.3. The van der Waals surface area contributed by atoms with Crippen LogP contribution in [0.2, 0.25) is 0 Å². The van der Waals surface area contributed by atoms with Crippen LogP contribution in [0.1, 0.15) is 19.8 Å². The third-order valence-electron chi connectivity index (χ3n) is 6.03. The van der Waals surface area contributed by atoms with Crippen LogP contribution in [0.5, 0.6) is 0 Å². The first kappa shape index (κ1) is 19.6. The van der Waals surface area contributed by atoms with Crippen molar-refractivity contribution in [3.05, 3.63) is 84.5 Å². The number of hydrogen-bond acceptors (Lipinski definition) is 2. The molecule has 0 radical (unpaired) electrons. The number of benzene rings is 2. The average molecular weight is 391 g/mol. The molecule has 3 heteroatoms. The van der Waals surface area contributed by atoms with E-state index in [2.05, 4.69) is 90.7 Å². The van der Waals surface area contributed by atoms with E-state index in [4.69, 9.17) is 4.74 Å². The molecular formula is C25H30NOP. The van der Waals surface area contributed by atoms with E-state index >= 15 is 0 Å². The molecule has 0 amide bonds. The number of allylic oxidation sites excluding steroid dienone is 3. The minimum Gasteiger partial charge on any atom is -0.383 e. The van der Waals surface area contributed by atoms with E-state index in [1.807, 2.05) is 7.11 Å². The van der Waals surface area contributed by atoms with Gasteiger partial charge in [0.15, 0.2) is 0 Å². The SMILES string of the molecule is COC[C@H]1CCCN1[C@@H](C)C1=CC=C[C@H]1P(c1ccccc1)c1ccccc1. The van der Waals surface area contributed by atoms with Crippen LogP contribution in [0.15, 0.2) is 84.5 Å². The van der Waals surface area contributed by atoms with Gasteiger partial charge in [0.2, 0.25) is 0 Å². The topological polar surface area (TPSA) is 12.5 Å². The van der Waals surface area contributed by atoms with Crippen LogP contribution in [0, 0.1) is 0 Å². The Morgan fingerprint density at radius 2 is 1.68 bits per heavy atom. The summed E-state index contributed by atoms with van der Waals surface area (Å²) in [6.45, 7) is 4.40. The van der Waals surface area contributed by atoms with Crippen LogP contribution >= 0.6 is 7.92 Å². The number of rotatable bonds is 7. The van der Waals surface area contributed by atoms with Gasteiger partial charge in [-0.15, -0.1) is 0 Å². The smallest absolute Gasteiger partial charge is 0.0618 e. The fraction of sp³-hybridized carbons (Fsp3) is 0.360. The number of methoxy groups -OCH3 is 1. The van der Waals surface area contributed by atoms with Crippen molar-refractivity contribution >= 4 is 18.5 Å². The van der Waals surface area contributed by atoms with Crippen LogP contribution in [-0.4, -0.2) is 42.9 Å². The highest BCUT2D eigenvalue weighted by molar-refractivity contribution is 7.74. The predicted octanol–water partition coefficient (Wildman–Crippen LogP) is 4.48. The second-order valence-corrected chi connectivity index (χ2v) is 10.0. The molecule has 0 saturated carbocycles. The van der Waals surface area contributed by atoms with Crippen LogP contribution in [0.3, 0.4) is 0 Å². The van der Waals surface area contributed by atoms with Crippen molar-refractivity contribution in [3.63, 3.8) is 0 Å². The largest absolute Gasteiger partial charge is 0.383 e. The molecule has 1 heterocycles. The maximum absolute atomic E-state index is 5.51. The van der Waals surface area contributed by atoms with E-state index in [1.165, 1.54) is 30.0 Å². The zero-order chi connectivity index (χ0) is 19.3. The third kappa shape index (κ3) is 4.01. The van der Waals surface area contributed by atoms with E-state index in [9.17, 15) is 0 Å². The molecule has 1 aliphatic carbocycles. The maximum Gasteiger partial charge on any atom is 0.0618 e. The number of ether oxygens (including phenoxy) is 1. The molecule has 2 nitrogen and oxygen atoms in total. The molecule has 4 rings (SSSR count). The average Bonchev–Trinajstić information content (AvgIpc) is 3.40. The molecule has 0 bridgehead atoms. The summed E-state index contributed by atoms with van der Waals surface area (Å²) in [5.74, 6) is 0. The zero-order valence-corrected chi connectivity index (χ0v) is 17.8. The predicted molar refractivity (Wildman–Crippen MR) is 121 cm³/mol. The summed E-state index contributed by atoms with van der Waals surface area (Å²) in [7, 11) is 1.35. The van der Waals surface area contributed by atoms with Gasteiger partial charge in [-0.1, -0.05) is 78.9 Å². The molecule has 2 aliphatic rings. The molecule has 0 spiro atoms. The Kier molecular flexibility index (Phi) is 6.42. The van der Waals surface area contributed by atoms with Crippen molar-refractivity contribution in [2.75, 3.05) is 20.3 Å². The molecule has 1 aliphatic heterocycles. The molecule has 28 heavy (non-hydrogen) atoms. The van der Waals surface area contributed by atoms with E-state index in [0.717, 1.165) is 6.61 Å². The first-order valence-electron chi connectivity index (χ1n) is 10.3. The highest BCUT2D eigenvalue weighted by Gasteiger charge is 2.36. The Balaban J connectivity index is 1.65. The number of nitrogens with zero attached hydrogens (tertiary/aromatic N) is 1. The second-order valence-electron chi connectivity index (χ2n) is 7.70. The van der Waals surface area contributed by atoms with Gasteiger partial charge in [-0.2, -0.15) is 0 Å². The van der Waals surface area contributed by atoms with Crippen LogP contribution in [0.25, 0.3) is 0 Å². The lowest BCUT2D eigenvalue weighted by atomic mass is 10.1. The van der Waals surface area contributed by atoms with Gasteiger partial charge in [0, 0.05) is 24.9 Å². The summed E-state index contributed by atoms with van der Waals surface area (Å²) in [5, 5.41) is 2.90. The molecule has 1 fully saturated rings. The minimum atomic E-state index is -0.473. The lowest BCUT2D eigenvalue weighted by Crippen LogP contribution is -2.42. The Morgan fingerprint density at radius 1 is 1.04 bits per heavy atom. The van der Waals surface area contributed by atoms with Crippen molar-refractivity contribution in [2.45, 2.75) is 37.5 Å². The maximum atomic E-state index is 5.51. The number of likely N-dealkylation sites (tertiary alicyclic amines) is 1. The molecule has 0 aromatic heterocycles. The Hall–Kier alpha value is -1.73. The van der Waals surface area contributed by atoms with Crippen LogP contribution in [0.4, 0.5) is 0 Å². The lowest BCUT2D eigenvalue weighted by molar-refractivity contribution is 0.102. The lowest BCUT2D eigenvalue weighted by Gasteiger charge is -2.36. The van der Waals surface area contributed by atoms with Gasteiger partial charge in [0.25, 0.3) is 0 Å². The van der Waals surface area contributed by atoms with Crippen LogP contribution in [-0.2, 0) is 4.74 Å². The monoisotopic (exact) mass is 391 g/mol. The van der Waals surface area contributed by atoms with Crippen molar-refractivity contribution in [1.82, 2.24) is 4.90 Å². The van der Waals surface area contributed by atoms with Crippen molar-refractivity contribution in [2.24, 2.45) is 0 Å². The molecule has 1 saturated heterocycles. The van der Waals surface area contributed by atoms with E-state index in [1.54, 1.807) is 5.57 Å². The summed E-state index contributed by atoms with van der Waals surface area (Å²) in [6, 6.07) is 23.1. The zero-order valence-electron chi connectivity index (χ0n) is 16.9. The second kappa shape index (κ2) is 9.18.